The van der Waals surface area contributed by atoms with Gasteiger partial charge in [0, 0.05) is 10.9 Å². The van der Waals surface area contributed by atoms with Crippen molar-refractivity contribution in [3.63, 3.8) is 0 Å². The van der Waals surface area contributed by atoms with Gasteiger partial charge in [0.1, 0.15) is 0 Å². The van der Waals surface area contributed by atoms with Gasteiger partial charge in [0.2, 0.25) is 0 Å². The number of alkyl halides is 6. The number of thiophene rings is 1. The first kappa shape index (κ1) is 21.3. The molecule has 156 valence electrons. The Balaban J connectivity index is 1.62. The first-order valence-electron chi connectivity index (χ1n) is 7.90. The van der Waals surface area contributed by atoms with Gasteiger partial charge in [-0.05, 0) is 41.4 Å². The molecule has 0 unspecified atom stereocenters. The second-order valence-corrected chi connectivity index (χ2v) is 10.0. The summed E-state index contributed by atoms with van der Waals surface area (Å²) in [4.78, 5) is 5.13. The number of aromatic nitrogens is 3. The smallest absolute Gasteiger partial charge is 0.229 e. The second kappa shape index (κ2) is 7.94. The molecule has 0 N–H and O–H groups in total. The van der Waals surface area contributed by atoms with Gasteiger partial charge in [0.05, 0.1) is 21.7 Å². The molecule has 0 aliphatic rings. The van der Waals surface area contributed by atoms with E-state index in [-0.39, 0.29) is 17.3 Å². The van der Waals surface area contributed by atoms with Crippen LogP contribution in [-0.4, -0.2) is 15.2 Å². The topological polar surface area (TPSA) is 38.7 Å². The van der Waals surface area contributed by atoms with E-state index in [4.69, 9.17) is 0 Å². The Morgan fingerprint density at radius 1 is 0.833 bits per heavy atom. The zero-order valence-corrected chi connectivity index (χ0v) is 17.5. The molecule has 13 heteroatoms. The third-order valence-corrected chi connectivity index (χ3v) is 7.63. The van der Waals surface area contributed by atoms with Gasteiger partial charge in [-0.25, -0.2) is 4.98 Å². The van der Waals surface area contributed by atoms with Gasteiger partial charge in [-0.2, -0.15) is 26.3 Å². The summed E-state index contributed by atoms with van der Waals surface area (Å²) in [7, 11) is 0. The van der Waals surface area contributed by atoms with Crippen LogP contribution >= 0.6 is 45.8 Å². The molecule has 0 aliphatic heterocycles. The molecule has 0 amide bonds. The van der Waals surface area contributed by atoms with E-state index in [1.807, 2.05) is 17.5 Å². The van der Waals surface area contributed by atoms with Crippen LogP contribution in [0, 0.1) is 0 Å². The molecule has 0 saturated heterocycles. The highest BCUT2D eigenvalue weighted by Gasteiger charge is 2.37. The van der Waals surface area contributed by atoms with Crippen molar-refractivity contribution in [2.45, 2.75) is 21.0 Å². The van der Waals surface area contributed by atoms with E-state index in [0.29, 0.717) is 20.8 Å². The van der Waals surface area contributed by atoms with Gasteiger partial charge >= 0.3 is 12.4 Å². The Bertz CT molecular complexity index is 1130. The minimum Gasteiger partial charge on any atom is -0.229 e. The predicted octanol–water partition coefficient (Wildman–Crippen LogP) is 7.58. The maximum Gasteiger partial charge on any atom is 0.416 e. The second-order valence-electron chi connectivity index (χ2n) is 5.75. The molecule has 0 bridgehead atoms. The number of hydrogen-bond donors (Lipinski definition) is 0. The highest BCUT2D eigenvalue weighted by atomic mass is 32.2. The number of halogens is 6. The van der Waals surface area contributed by atoms with Crippen LogP contribution in [-0.2, 0) is 12.4 Å². The average Bonchev–Trinajstić information content (AvgIpc) is 3.42. The fourth-order valence-electron chi connectivity index (χ4n) is 2.37. The van der Waals surface area contributed by atoms with Crippen LogP contribution in [0.3, 0.4) is 0 Å². The predicted molar refractivity (Wildman–Crippen MR) is 105 cm³/mol. The van der Waals surface area contributed by atoms with Gasteiger partial charge in [0.25, 0.3) is 0 Å². The molecule has 0 atom stereocenters. The van der Waals surface area contributed by atoms with Crippen LogP contribution in [0.15, 0.2) is 49.8 Å². The molecule has 0 aliphatic carbocycles. The lowest BCUT2D eigenvalue weighted by Crippen LogP contribution is -2.11. The largest absolute Gasteiger partial charge is 0.416 e. The van der Waals surface area contributed by atoms with E-state index < -0.39 is 23.5 Å². The van der Waals surface area contributed by atoms with Crippen molar-refractivity contribution < 1.29 is 26.3 Å². The number of thiazole rings is 1. The zero-order chi connectivity index (χ0) is 21.5. The molecule has 4 rings (SSSR count). The van der Waals surface area contributed by atoms with E-state index >= 15 is 0 Å². The molecule has 3 heterocycles. The lowest BCUT2D eigenvalue weighted by molar-refractivity contribution is -0.143. The highest BCUT2D eigenvalue weighted by molar-refractivity contribution is 8.02. The molecule has 3 aromatic heterocycles. The Morgan fingerprint density at radius 3 is 2.13 bits per heavy atom. The van der Waals surface area contributed by atoms with Crippen LogP contribution < -0.4 is 0 Å². The number of nitrogens with zero attached hydrogens (tertiary/aromatic N) is 3. The van der Waals surface area contributed by atoms with Crippen LogP contribution in [0.25, 0.3) is 21.1 Å². The van der Waals surface area contributed by atoms with Gasteiger partial charge in [-0.3, -0.25) is 0 Å². The Morgan fingerprint density at radius 2 is 1.53 bits per heavy atom. The summed E-state index contributed by atoms with van der Waals surface area (Å²) in [6.07, 6.45) is -9.82. The van der Waals surface area contributed by atoms with Crippen LogP contribution in [0.1, 0.15) is 11.1 Å². The van der Waals surface area contributed by atoms with Crippen molar-refractivity contribution in [3.8, 4) is 21.1 Å². The van der Waals surface area contributed by atoms with E-state index in [0.717, 1.165) is 33.0 Å². The number of benzene rings is 1. The molecule has 0 fully saturated rings. The van der Waals surface area contributed by atoms with Crippen LogP contribution in [0.4, 0.5) is 26.3 Å². The maximum atomic E-state index is 13.1. The molecule has 0 spiro atoms. The zero-order valence-electron chi connectivity index (χ0n) is 14.3. The summed E-state index contributed by atoms with van der Waals surface area (Å²) in [6.45, 7) is 0. The molecular formula is C17H7F6N3S4. The normalized spacial score (nSPS) is 12.5. The molecule has 0 saturated carbocycles. The fraction of sp³-hybridized carbons (Fsp3) is 0.118. The van der Waals surface area contributed by atoms with Crippen molar-refractivity contribution in [2.75, 3.05) is 0 Å². The van der Waals surface area contributed by atoms with E-state index in [9.17, 15) is 26.3 Å². The summed E-state index contributed by atoms with van der Waals surface area (Å²) in [5, 5.41) is 12.2. The van der Waals surface area contributed by atoms with Crippen molar-refractivity contribution in [3.05, 3.63) is 52.2 Å². The van der Waals surface area contributed by atoms with Gasteiger partial charge in [0.15, 0.2) is 13.7 Å². The van der Waals surface area contributed by atoms with Gasteiger partial charge in [-0.1, -0.05) is 17.4 Å². The van der Waals surface area contributed by atoms with E-state index in [2.05, 4.69) is 15.2 Å². The van der Waals surface area contributed by atoms with Gasteiger partial charge < -0.3 is 0 Å². The van der Waals surface area contributed by atoms with E-state index in [1.54, 1.807) is 0 Å². The van der Waals surface area contributed by atoms with Crippen LogP contribution in [0.5, 0.6) is 0 Å². The van der Waals surface area contributed by atoms with Crippen molar-refractivity contribution in [2.24, 2.45) is 0 Å². The summed E-state index contributed by atoms with van der Waals surface area (Å²) in [5.74, 6) is 0. The third-order valence-electron chi connectivity index (χ3n) is 3.68. The van der Waals surface area contributed by atoms with Crippen LogP contribution in [0.2, 0.25) is 0 Å². The van der Waals surface area contributed by atoms with E-state index in [1.165, 1.54) is 28.1 Å². The number of rotatable bonds is 4. The fourth-order valence-corrected chi connectivity index (χ4v) is 6.03. The van der Waals surface area contributed by atoms with Gasteiger partial charge in [-0.15, -0.1) is 32.9 Å². The Labute approximate surface area is 181 Å². The Kier molecular flexibility index (Phi) is 5.64. The lowest BCUT2D eigenvalue weighted by Gasteiger charge is -2.13. The molecule has 3 nitrogen and oxygen atoms in total. The quantitative estimate of drug-likeness (QED) is 0.274. The summed E-state index contributed by atoms with van der Waals surface area (Å²) < 4.78 is 79.4. The molecule has 1 aromatic carbocycles. The van der Waals surface area contributed by atoms with Crippen molar-refractivity contribution >= 4 is 45.8 Å². The summed E-state index contributed by atoms with van der Waals surface area (Å²) >= 11 is 5.08. The maximum absolute atomic E-state index is 13.1. The summed E-state index contributed by atoms with van der Waals surface area (Å²) in [5.41, 5.74) is -2.97. The molecular weight excluding hydrogens is 488 g/mol. The first-order chi connectivity index (χ1) is 14.1. The number of hydrogen-bond acceptors (Lipinski definition) is 7. The average molecular weight is 496 g/mol. The standard InChI is InChI=1S/C17H7F6N3S4/c18-16(19,20)9-4-8(5-10(6-9)17(21,22)23)11-7-28-14(24-11)30-15-26-25-13(29-15)12-2-1-3-27-12/h1-7H. The minimum absolute atomic E-state index is 0.0297. The Hall–Kier alpha value is -1.96. The minimum atomic E-state index is -4.91. The molecule has 4 aromatic rings. The summed E-state index contributed by atoms with van der Waals surface area (Å²) in [6, 6.07) is 5.20. The highest BCUT2D eigenvalue weighted by Crippen LogP contribution is 2.41. The monoisotopic (exact) mass is 495 g/mol. The lowest BCUT2D eigenvalue weighted by atomic mass is 10.0. The van der Waals surface area contributed by atoms with Crippen molar-refractivity contribution in [1.29, 1.82) is 0 Å². The SMILES string of the molecule is FC(F)(F)c1cc(-c2csc(Sc3nnc(-c4cccs4)s3)n2)cc(C(F)(F)F)c1. The molecule has 0 radical (unpaired) electrons. The third kappa shape index (κ3) is 4.68. The molecule has 30 heavy (non-hydrogen) atoms. The first-order valence-corrected chi connectivity index (χ1v) is 11.3. The van der Waals surface area contributed by atoms with Crippen molar-refractivity contribution in [1.82, 2.24) is 15.2 Å².